The maximum Gasteiger partial charge on any atom is 0.220 e. The molecule has 1 aromatic carbocycles. The van der Waals surface area contributed by atoms with Gasteiger partial charge in [0.1, 0.15) is 17.8 Å². The highest BCUT2D eigenvalue weighted by molar-refractivity contribution is 5.89. The van der Waals surface area contributed by atoms with Crippen molar-refractivity contribution in [3.63, 3.8) is 0 Å². The van der Waals surface area contributed by atoms with Gasteiger partial charge in [-0.3, -0.25) is 10.2 Å². The predicted molar refractivity (Wildman–Crippen MR) is 117 cm³/mol. The molecule has 4 heterocycles. The van der Waals surface area contributed by atoms with Crippen LogP contribution in [0.15, 0.2) is 58.5 Å². The Hall–Kier alpha value is -3.26. The summed E-state index contributed by atoms with van der Waals surface area (Å²) in [5.41, 5.74) is 10.9. The van der Waals surface area contributed by atoms with E-state index in [-0.39, 0.29) is 24.2 Å². The van der Waals surface area contributed by atoms with Crippen molar-refractivity contribution in [3.8, 4) is 0 Å². The van der Waals surface area contributed by atoms with Crippen LogP contribution in [-0.4, -0.2) is 33.9 Å². The topological polar surface area (TPSA) is 85.1 Å². The first-order valence-electron chi connectivity index (χ1n) is 10.8. The average Bonchev–Trinajstić information content (AvgIpc) is 3.51. The van der Waals surface area contributed by atoms with Crippen molar-refractivity contribution in [2.45, 2.75) is 57.9 Å². The number of hydrogen-bond donors (Lipinski definition) is 3. The van der Waals surface area contributed by atoms with Crippen molar-refractivity contribution in [1.29, 1.82) is 0 Å². The molecule has 1 aromatic heterocycles. The highest BCUT2D eigenvalue weighted by Crippen LogP contribution is 2.35. The lowest BCUT2D eigenvalue weighted by atomic mass is 9.95. The molecule has 1 fully saturated rings. The standard InChI is InChI=1S/C23H28N6O2/c1-15-5-6-16(2)18(12-15)19-13-20-23-26-25-21(28(23)9-10-29(20)27-19)7-8-22(30)24-14-17-4-3-11-31-17/h3-6,9-12,19-20,23,26-27H,7-8,13-14H2,1-2H3,(H,24,30). The van der Waals surface area contributed by atoms with E-state index < -0.39 is 0 Å². The molecule has 5 rings (SSSR count). The van der Waals surface area contributed by atoms with Gasteiger partial charge in [-0.25, -0.2) is 5.43 Å². The average molecular weight is 421 g/mol. The van der Waals surface area contributed by atoms with Gasteiger partial charge in [-0.05, 0) is 43.5 Å². The molecule has 0 spiro atoms. The Morgan fingerprint density at radius 3 is 3.03 bits per heavy atom. The summed E-state index contributed by atoms with van der Waals surface area (Å²) in [6.07, 6.45) is 7.73. The molecule has 3 unspecified atom stereocenters. The maximum atomic E-state index is 12.2. The summed E-state index contributed by atoms with van der Waals surface area (Å²) in [5, 5.41) is 9.62. The number of hydrazine groups is 1. The van der Waals surface area contributed by atoms with Gasteiger partial charge >= 0.3 is 0 Å². The highest BCUT2D eigenvalue weighted by Gasteiger charge is 2.44. The molecule has 8 heteroatoms. The van der Waals surface area contributed by atoms with Crippen molar-refractivity contribution in [1.82, 2.24) is 26.1 Å². The van der Waals surface area contributed by atoms with Gasteiger partial charge in [0.15, 0.2) is 0 Å². The number of amidine groups is 1. The highest BCUT2D eigenvalue weighted by atomic mass is 16.3. The van der Waals surface area contributed by atoms with E-state index in [1.807, 2.05) is 18.3 Å². The zero-order chi connectivity index (χ0) is 21.4. The Bertz CT molecular complexity index is 1020. The molecule has 3 aliphatic rings. The summed E-state index contributed by atoms with van der Waals surface area (Å²) in [6, 6.07) is 10.8. The SMILES string of the molecule is Cc1ccc(C)c(C2CC3C4NN=C(CCC(=O)NCc5ccco5)N4C=CN3N2)c1. The van der Waals surface area contributed by atoms with Crippen LogP contribution in [0.25, 0.3) is 0 Å². The third-order valence-electron chi connectivity index (χ3n) is 6.24. The number of carbonyl (C=O) groups is 1. The molecule has 3 atom stereocenters. The van der Waals surface area contributed by atoms with Gasteiger partial charge in [0.2, 0.25) is 5.91 Å². The lowest BCUT2D eigenvalue weighted by Gasteiger charge is -2.37. The number of amides is 1. The van der Waals surface area contributed by atoms with E-state index in [1.165, 1.54) is 16.7 Å². The normalized spacial score (nSPS) is 23.9. The van der Waals surface area contributed by atoms with E-state index in [9.17, 15) is 4.79 Å². The smallest absolute Gasteiger partial charge is 0.220 e. The fourth-order valence-electron chi connectivity index (χ4n) is 4.56. The summed E-state index contributed by atoms with van der Waals surface area (Å²) in [6.45, 7) is 4.71. The van der Waals surface area contributed by atoms with Crippen LogP contribution < -0.4 is 16.2 Å². The van der Waals surface area contributed by atoms with Gasteiger partial charge in [0, 0.05) is 25.2 Å². The van der Waals surface area contributed by atoms with E-state index in [4.69, 9.17) is 4.42 Å². The summed E-state index contributed by atoms with van der Waals surface area (Å²) >= 11 is 0. The van der Waals surface area contributed by atoms with Crippen molar-refractivity contribution >= 4 is 11.7 Å². The third kappa shape index (κ3) is 3.90. The molecule has 31 heavy (non-hydrogen) atoms. The van der Waals surface area contributed by atoms with E-state index in [0.717, 1.165) is 18.0 Å². The molecule has 3 N–H and O–H groups in total. The lowest BCUT2D eigenvalue weighted by molar-refractivity contribution is -0.121. The number of benzene rings is 1. The first kappa shape index (κ1) is 19.7. The van der Waals surface area contributed by atoms with Crippen LogP contribution in [0.1, 0.15) is 47.8 Å². The Kier molecular flexibility index (Phi) is 5.15. The van der Waals surface area contributed by atoms with Gasteiger partial charge < -0.3 is 19.6 Å². The third-order valence-corrected chi connectivity index (χ3v) is 6.24. The van der Waals surface area contributed by atoms with E-state index in [2.05, 4.69) is 69.4 Å². The lowest BCUT2D eigenvalue weighted by Crippen LogP contribution is -2.54. The Labute approximate surface area is 181 Å². The van der Waals surface area contributed by atoms with Gasteiger partial charge in [0.05, 0.1) is 24.9 Å². The van der Waals surface area contributed by atoms with Crippen LogP contribution in [0.4, 0.5) is 0 Å². The van der Waals surface area contributed by atoms with E-state index in [0.29, 0.717) is 19.4 Å². The van der Waals surface area contributed by atoms with Crippen molar-refractivity contribution < 1.29 is 9.21 Å². The zero-order valence-corrected chi connectivity index (χ0v) is 17.8. The minimum atomic E-state index is -0.0114. The van der Waals surface area contributed by atoms with E-state index >= 15 is 0 Å². The molecule has 0 saturated carbocycles. The molecule has 1 amide bonds. The second kappa shape index (κ2) is 8.11. The van der Waals surface area contributed by atoms with Crippen LogP contribution in [0.3, 0.4) is 0 Å². The molecule has 0 bridgehead atoms. The minimum Gasteiger partial charge on any atom is -0.467 e. The van der Waals surface area contributed by atoms with Crippen LogP contribution in [0.2, 0.25) is 0 Å². The zero-order valence-electron chi connectivity index (χ0n) is 17.8. The van der Waals surface area contributed by atoms with Crippen LogP contribution in [0, 0.1) is 13.8 Å². The second-order valence-electron chi connectivity index (χ2n) is 8.42. The molecule has 1 saturated heterocycles. The first-order chi connectivity index (χ1) is 15.1. The Morgan fingerprint density at radius 2 is 2.19 bits per heavy atom. The number of hydrazone groups is 1. The number of aryl methyl sites for hydroxylation is 2. The molecule has 0 radical (unpaired) electrons. The summed E-state index contributed by atoms with van der Waals surface area (Å²) in [7, 11) is 0. The monoisotopic (exact) mass is 420 g/mol. The second-order valence-corrected chi connectivity index (χ2v) is 8.42. The maximum absolute atomic E-state index is 12.2. The Morgan fingerprint density at radius 1 is 1.29 bits per heavy atom. The molecule has 162 valence electrons. The number of carbonyl (C=O) groups excluding carboxylic acids is 1. The molecule has 2 aromatic rings. The van der Waals surface area contributed by atoms with Crippen LogP contribution in [0.5, 0.6) is 0 Å². The summed E-state index contributed by atoms with van der Waals surface area (Å²) in [4.78, 5) is 14.4. The van der Waals surface area contributed by atoms with Crippen molar-refractivity contribution in [2.75, 3.05) is 0 Å². The molecular formula is C23H28N6O2. The van der Waals surface area contributed by atoms with Crippen molar-refractivity contribution in [2.24, 2.45) is 5.10 Å². The number of nitrogens with zero attached hydrogens (tertiary/aromatic N) is 3. The fourth-order valence-corrected chi connectivity index (χ4v) is 4.56. The number of nitrogens with one attached hydrogen (secondary N) is 3. The van der Waals surface area contributed by atoms with Crippen molar-refractivity contribution in [3.05, 3.63) is 71.4 Å². The van der Waals surface area contributed by atoms with Gasteiger partial charge in [0.25, 0.3) is 0 Å². The molecule has 0 aliphatic carbocycles. The van der Waals surface area contributed by atoms with Crippen LogP contribution in [-0.2, 0) is 11.3 Å². The van der Waals surface area contributed by atoms with Gasteiger partial charge in [-0.2, -0.15) is 5.10 Å². The van der Waals surface area contributed by atoms with Crippen LogP contribution >= 0.6 is 0 Å². The number of furan rings is 1. The largest absolute Gasteiger partial charge is 0.467 e. The number of hydrogen-bond acceptors (Lipinski definition) is 7. The molecule has 8 nitrogen and oxygen atoms in total. The predicted octanol–water partition coefficient (Wildman–Crippen LogP) is 2.64. The summed E-state index contributed by atoms with van der Waals surface area (Å²) in [5.74, 6) is 1.63. The first-order valence-corrected chi connectivity index (χ1v) is 10.8. The number of rotatable bonds is 6. The van der Waals surface area contributed by atoms with E-state index in [1.54, 1.807) is 6.26 Å². The summed E-state index contributed by atoms with van der Waals surface area (Å²) < 4.78 is 5.25. The minimum absolute atomic E-state index is 0.0114. The number of fused-ring (bicyclic) bond motifs is 3. The molecular weight excluding hydrogens is 392 g/mol. The molecule has 3 aliphatic heterocycles. The van der Waals surface area contributed by atoms with Gasteiger partial charge in [-0.1, -0.05) is 23.8 Å². The fraction of sp³-hybridized carbons (Fsp3) is 0.391. The Balaban J connectivity index is 1.18. The van der Waals surface area contributed by atoms with Gasteiger partial charge in [-0.15, -0.1) is 0 Å². The quantitative estimate of drug-likeness (QED) is 0.666.